The molecule has 3 aliphatic carbocycles. The molecule has 3 nitrogen and oxygen atoms in total. The van der Waals surface area contributed by atoms with Gasteiger partial charge in [-0.2, -0.15) is 5.26 Å². The van der Waals surface area contributed by atoms with Gasteiger partial charge in [-0.05, 0) is 63.2 Å². The number of nitrogens with zero attached hydrogens (tertiary/aromatic N) is 1. The van der Waals surface area contributed by atoms with Crippen LogP contribution in [0.15, 0.2) is 0 Å². The quantitative estimate of drug-likeness (QED) is 0.733. The highest BCUT2D eigenvalue weighted by molar-refractivity contribution is 5.76. The minimum atomic E-state index is -0.531. The average molecular weight is 289 g/mol. The predicted molar refractivity (Wildman–Crippen MR) is 80.2 cm³/mol. The van der Waals surface area contributed by atoms with Gasteiger partial charge in [0, 0.05) is 5.92 Å². The lowest BCUT2D eigenvalue weighted by atomic mass is 9.65. The van der Waals surface area contributed by atoms with Crippen LogP contribution in [-0.4, -0.2) is 11.6 Å². The van der Waals surface area contributed by atoms with Gasteiger partial charge in [-0.1, -0.05) is 13.8 Å². The van der Waals surface area contributed by atoms with Crippen LogP contribution in [0.2, 0.25) is 0 Å². The maximum Gasteiger partial charge on any atom is 0.312 e. The maximum atomic E-state index is 12.6. The Labute approximate surface area is 128 Å². The van der Waals surface area contributed by atoms with Gasteiger partial charge in [-0.3, -0.25) is 4.79 Å². The summed E-state index contributed by atoms with van der Waals surface area (Å²) in [7, 11) is 0. The van der Waals surface area contributed by atoms with Crippen molar-refractivity contribution in [3.05, 3.63) is 0 Å². The van der Waals surface area contributed by atoms with E-state index in [-0.39, 0.29) is 5.97 Å². The molecule has 5 unspecified atom stereocenters. The zero-order valence-electron chi connectivity index (χ0n) is 13.7. The van der Waals surface area contributed by atoms with E-state index in [1.807, 2.05) is 20.8 Å². The van der Waals surface area contributed by atoms with Crippen molar-refractivity contribution < 1.29 is 9.53 Å². The molecule has 0 aromatic rings. The maximum absolute atomic E-state index is 12.6. The highest BCUT2D eigenvalue weighted by Gasteiger charge is 2.70. The summed E-state index contributed by atoms with van der Waals surface area (Å²) in [5.41, 5.74) is -0.439. The van der Waals surface area contributed by atoms with Crippen LogP contribution < -0.4 is 0 Å². The monoisotopic (exact) mass is 289 g/mol. The summed E-state index contributed by atoms with van der Waals surface area (Å²) < 4.78 is 6.12. The molecule has 0 amide bonds. The fourth-order valence-corrected chi connectivity index (χ4v) is 4.94. The minimum absolute atomic E-state index is 0.122. The molecule has 2 bridgehead atoms. The summed E-state index contributed by atoms with van der Waals surface area (Å²) in [5, 5.41) is 9.34. The van der Waals surface area contributed by atoms with Crippen LogP contribution in [0.3, 0.4) is 0 Å². The summed E-state index contributed by atoms with van der Waals surface area (Å²) in [6.45, 7) is 8.09. The first-order chi connectivity index (χ1) is 9.79. The van der Waals surface area contributed by atoms with Crippen LogP contribution in [0.4, 0.5) is 0 Å². The van der Waals surface area contributed by atoms with Gasteiger partial charge in [-0.25, -0.2) is 0 Å². The molecular formula is C18H27NO2. The van der Waals surface area contributed by atoms with E-state index in [1.54, 1.807) is 0 Å². The molecule has 116 valence electrons. The molecule has 3 saturated carbocycles. The lowest BCUT2D eigenvalue weighted by Crippen LogP contribution is -2.52. The zero-order valence-corrected chi connectivity index (χ0v) is 13.7. The second-order valence-corrected chi connectivity index (χ2v) is 8.42. The Hall–Kier alpha value is -1.04. The highest BCUT2D eigenvalue weighted by atomic mass is 16.6. The third kappa shape index (κ3) is 2.02. The Morgan fingerprint density at radius 2 is 2.00 bits per heavy atom. The van der Waals surface area contributed by atoms with Crippen molar-refractivity contribution in [3.63, 3.8) is 0 Å². The predicted octanol–water partition coefficient (Wildman–Crippen LogP) is 4.07. The van der Waals surface area contributed by atoms with Gasteiger partial charge in [0.05, 0.1) is 17.9 Å². The van der Waals surface area contributed by atoms with Gasteiger partial charge >= 0.3 is 5.97 Å². The number of esters is 1. The number of hydrogen-bond acceptors (Lipinski definition) is 3. The lowest BCUT2D eigenvalue weighted by molar-refractivity contribution is -0.190. The summed E-state index contributed by atoms with van der Waals surface area (Å²) in [6, 6.07) is 2.32. The van der Waals surface area contributed by atoms with Crippen LogP contribution in [0.25, 0.3) is 0 Å². The van der Waals surface area contributed by atoms with Crippen molar-refractivity contribution in [1.29, 1.82) is 5.26 Å². The number of carbonyl (C=O) groups is 1. The SMILES string of the molecule is CCC(C)(C)C(=O)OC1(CC#N)C(C)CC23CC2CC1C3. The molecule has 0 aromatic heterocycles. The van der Waals surface area contributed by atoms with E-state index in [1.165, 1.54) is 12.8 Å². The largest absolute Gasteiger partial charge is 0.457 e. The molecule has 3 heteroatoms. The second kappa shape index (κ2) is 4.48. The van der Waals surface area contributed by atoms with Gasteiger partial charge in [-0.15, -0.1) is 0 Å². The summed E-state index contributed by atoms with van der Waals surface area (Å²) in [4.78, 5) is 12.6. The Balaban J connectivity index is 1.86. The molecule has 0 saturated heterocycles. The number of nitriles is 1. The molecule has 0 aromatic carbocycles. The van der Waals surface area contributed by atoms with Crippen LogP contribution in [-0.2, 0) is 9.53 Å². The Bertz CT molecular complexity index is 506. The molecule has 5 atom stereocenters. The minimum Gasteiger partial charge on any atom is -0.457 e. The first-order valence-corrected chi connectivity index (χ1v) is 8.40. The van der Waals surface area contributed by atoms with E-state index in [0.29, 0.717) is 23.7 Å². The van der Waals surface area contributed by atoms with Crippen molar-refractivity contribution >= 4 is 5.97 Å². The normalized spacial score (nSPS) is 43.9. The number of ether oxygens (including phenoxy) is 1. The van der Waals surface area contributed by atoms with Crippen LogP contribution in [0.5, 0.6) is 0 Å². The van der Waals surface area contributed by atoms with Crippen molar-refractivity contribution in [3.8, 4) is 6.07 Å². The molecule has 0 N–H and O–H groups in total. The fourth-order valence-electron chi connectivity index (χ4n) is 4.94. The van der Waals surface area contributed by atoms with Gasteiger partial charge < -0.3 is 4.74 Å². The zero-order chi connectivity index (χ0) is 15.5. The Kier molecular flexibility index (Phi) is 3.17. The molecule has 3 rings (SSSR count). The fraction of sp³-hybridized carbons (Fsp3) is 0.889. The van der Waals surface area contributed by atoms with E-state index in [2.05, 4.69) is 13.0 Å². The van der Waals surface area contributed by atoms with Gasteiger partial charge in [0.15, 0.2) is 0 Å². The first kappa shape index (κ1) is 14.9. The smallest absolute Gasteiger partial charge is 0.312 e. The van der Waals surface area contributed by atoms with Crippen molar-refractivity contribution in [1.82, 2.24) is 0 Å². The summed E-state index contributed by atoms with van der Waals surface area (Å²) in [6.07, 6.45) is 5.95. The van der Waals surface area contributed by atoms with Crippen LogP contribution in [0.1, 0.15) is 66.2 Å². The number of rotatable bonds is 4. The van der Waals surface area contributed by atoms with E-state index in [4.69, 9.17) is 4.74 Å². The molecular weight excluding hydrogens is 262 g/mol. The third-order valence-corrected chi connectivity index (χ3v) is 6.89. The second-order valence-electron chi connectivity index (χ2n) is 8.42. The molecule has 3 fully saturated rings. The number of fused-ring (bicyclic) bond motifs is 1. The lowest BCUT2D eigenvalue weighted by Gasteiger charge is -2.48. The van der Waals surface area contributed by atoms with Gasteiger partial charge in [0.25, 0.3) is 0 Å². The first-order valence-electron chi connectivity index (χ1n) is 8.40. The number of carbonyl (C=O) groups excluding carboxylic acids is 1. The van der Waals surface area contributed by atoms with E-state index < -0.39 is 11.0 Å². The van der Waals surface area contributed by atoms with Crippen molar-refractivity contribution in [2.75, 3.05) is 0 Å². The standard InChI is InChI=1S/C18H27NO2/c1-5-16(3,4)15(20)21-18(6-7-19)12(2)9-17-10-13(17)8-14(18)11-17/h12-14H,5-6,8-11H2,1-4H3. The molecule has 0 heterocycles. The average Bonchev–Trinajstić information content (AvgIpc) is 2.97. The molecule has 21 heavy (non-hydrogen) atoms. The number of hydrogen-bond donors (Lipinski definition) is 0. The molecule has 1 spiro atoms. The molecule has 3 aliphatic rings. The van der Waals surface area contributed by atoms with Crippen LogP contribution >= 0.6 is 0 Å². The Morgan fingerprint density at radius 1 is 1.33 bits per heavy atom. The molecule has 0 radical (unpaired) electrons. The topological polar surface area (TPSA) is 50.1 Å². The Morgan fingerprint density at radius 3 is 2.62 bits per heavy atom. The highest BCUT2D eigenvalue weighted by Crippen LogP contribution is 2.74. The summed E-state index contributed by atoms with van der Waals surface area (Å²) in [5.74, 6) is 1.42. The molecule has 0 aliphatic heterocycles. The van der Waals surface area contributed by atoms with Crippen molar-refractivity contribution in [2.24, 2.45) is 28.6 Å². The van der Waals surface area contributed by atoms with Crippen LogP contribution in [0, 0.1) is 39.9 Å². The van der Waals surface area contributed by atoms with Gasteiger partial charge in [0.1, 0.15) is 5.60 Å². The van der Waals surface area contributed by atoms with E-state index in [9.17, 15) is 10.1 Å². The van der Waals surface area contributed by atoms with E-state index >= 15 is 0 Å². The van der Waals surface area contributed by atoms with E-state index in [0.717, 1.165) is 25.2 Å². The van der Waals surface area contributed by atoms with Crippen molar-refractivity contribution in [2.45, 2.75) is 71.8 Å². The van der Waals surface area contributed by atoms with Gasteiger partial charge in [0.2, 0.25) is 0 Å². The summed E-state index contributed by atoms with van der Waals surface area (Å²) >= 11 is 0. The third-order valence-electron chi connectivity index (χ3n) is 6.89.